The van der Waals surface area contributed by atoms with Crippen molar-refractivity contribution in [2.45, 2.75) is 72.2 Å². The number of aromatic nitrogens is 1. The average Bonchev–Trinajstić information content (AvgIpc) is 3.07. The Balaban J connectivity index is 1.62. The zero-order valence-corrected chi connectivity index (χ0v) is 29.0. The quantitative estimate of drug-likeness (QED) is 0.126. The average molecular weight is 672 g/mol. The molecule has 5 rings (SSSR count). The Bertz CT molecular complexity index is 1720. The molecule has 0 bridgehead atoms. The van der Waals surface area contributed by atoms with Gasteiger partial charge in [0.25, 0.3) is 0 Å². The number of pyridine rings is 1. The topological polar surface area (TPSA) is 96.3 Å². The Morgan fingerprint density at radius 1 is 0.959 bits per heavy atom. The molecule has 1 aromatic heterocycles. The third kappa shape index (κ3) is 9.44. The molecule has 9 heteroatoms. The van der Waals surface area contributed by atoms with Gasteiger partial charge in [0.05, 0.1) is 44.3 Å². The van der Waals surface area contributed by atoms with Crippen LogP contribution in [0.5, 0.6) is 11.5 Å². The number of carboxylic acids is 1. The van der Waals surface area contributed by atoms with Crippen LogP contribution in [0.25, 0.3) is 22.3 Å². The van der Waals surface area contributed by atoms with Gasteiger partial charge in [-0.05, 0) is 112 Å². The van der Waals surface area contributed by atoms with Gasteiger partial charge in [-0.15, -0.1) is 0 Å². The van der Waals surface area contributed by atoms with Crippen LogP contribution in [-0.2, 0) is 38.5 Å². The summed E-state index contributed by atoms with van der Waals surface area (Å²) in [5, 5.41) is 10.6. The summed E-state index contributed by atoms with van der Waals surface area (Å²) in [6, 6.07) is 20.1. The molecule has 0 radical (unpaired) electrons. The highest BCUT2D eigenvalue weighted by Gasteiger charge is 2.34. The van der Waals surface area contributed by atoms with Crippen molar-refractivity contribution in [3.63, 3.8) is 0 Å². The van der Waals surface area contributed by atoms with E-state index in [0.29, 0.717) is 62.2 Å². The van der Waals surface area contributed by atoms with Crippen molar-refractivity contribution in [2.75, 3.05) is 33.0 Å². The van der Waals surface area contributed by atoms with E-state index in [9.17, 15) is 14.3 Å². The number of benzene rings is 3. The standard InChI is InChI=1S/C40H46FNO7/c1-6-45-22-23-46-25-33-36(28-11-16-32(17-12-28)47-21-19-27-9-14-31(41)15-10-27)37(30-13-18-34-29(24-30)8-7-20-48-34)35(26(2)42-33)38(39(43)44)49-40(3,4)5/h9-18,24,38H,6-8,19-23,25H2,1-5H3,(H,43,44)/t38-/m0/s1. The number of halogens is 1. The molecule has 1 N–H and O–H groups in total. The SMILES string of the molecule is CCOCCOCc1nc(C)c([C@H](OC(C)(C)C)C(=O)O)c(-c2ccc3c(c2)CCCO3)c1-c1ccc(OCCc2ccc(F)cc2)cc1. The van der Waals surface area contributed by atoms with Gasteiger partial charge in [-0.3, -0.25) is 4.98 Å². The maximum Gasteiger partial charge on any atom is 0.337 e. The van der Waals surface area contributed by atoms with Crippen LogP contribution < -0.4 is 9.47 Å². The largest absolute Gasteiger partial charge is 0.493 e. The molecule has 260 valence electrons. The third-order valence-corrected chi connectivity index (χ3v) is 8.19. The lowest BCUT2D eigenvalue weighted by atomic mass is 9.85. The number of ether oxygens (including phenoxy) is 5. The van der Waals surface area contributed by atoms with Gasteiger partial charge in [-0.2, -0.15) is 0 Å². The zero-order chi connectivity index (χ0) is 35.0. The first-order valence-corrected chi connectivity index (χ1v) is 16.9. The van der Waals surface area contributed by atoms with Crippen LogP contribution in [0.1, 0.15) is 68.3 Å². The van der Waals surface area contributed by atoms with Crippen molar-refractivity contribution >= 4 is 5.97 Å². The van der Waals surface area contributed by atoms with E-state index < -0.39 is 17.7 Å². The van der Waals surface area contributed by atoms with Gasteiger partial charge in [-0.1, -0.05) is 30.3 Å². The van der Waals surface area contributed by atoms with E-state index >= 15 is 0 Å². The van der Waals surface area contributed by atoms with Crippen LogP contribution in [0.15, 0.2) is 66.7 Å². The van der Waals surface area contributed by atoms with Crippen molar-refractivity contribution in [1.29, 1.82) is 0 Å². The molecule has 0 aliphatic carbocycles. The second-order valence-electron chi connectivity index (χ2n) is 13.0. The van der Waals surface area contributed by atoms with Gasteiger partial charge < -0.3 is 28.8 Å². The molecule has 0 amide bonds. The third-order valence-electron chi connectivity index (χ3n) is 8.19. The number of aryl methyl sites for hydroxylation is 2. The zero-order valence-electron chi connectivity index (χ0n) is 29.0. The molecular weight excluding hydrogens is 625 g/mol. The molecule has 0 unspecified atom stereocenters. The second-order valence-corrected chi connectivity index (χ2v) is 13.0. The number of carboxylic acid groups (broad SMARTS) is 1. The lowest BCUT2D eigenvalue weighted by Crippen LogP contribution is -2.29. The number of fused-ring (bicyclic) bond motifs is 1. The van der Waals surface area contributed by atoms with E-state index in [1.165, 1.54) is 12.1 Å². The van der Waals surface area contributed by atoms with E-state index in [4.69, 9.17) is 28.7 Å². The molecule has 0 fully saturated rings. The van der Waals surface area contributed by atoms with Crippen LogP contribution in [0, 0.1) is 12.7 Å². The maximum absolute atomic E-state index is 13.3. The van der Waals surface area contributed by atoms with Gasteiger partial charge in [0.2, 0.25) is 0 Å². The number of hydrogen-bond acceptors (Lipinski definition) is 7. The van der Waals surface area contributed by atoms with Crippen molar-refractivity contribution in [3.05, 3.63) is 101 Å². The van der Waals surface area contributed by atoms with Crippen molar-refractivity contribution < 1.29 is 38.0 Å². The summed E-state index contributed by atoms with van der Waals surface area (Å²) in [6.45, 7) is 12.0. The molecule has 1 aliphatic heterocycles. The summed E-state index contributed by atoms with van der Waals surface area (Å²) < 4.78 is 43.1. The summed E-state index contributed by atoms with van der Waals surface area (Å²) in [5.41, 5.74) is 6.18. The van der Waals surface area contributed by atoms with Crippen LogP contribution in [0.3, 0.4) is 0 Å². The first-order valence-electron chi connectivity index (χ1n) is 16.9. The number of nitrogens with zero attached hydrogens (tertiary/aromatic N) is 1. The minimum Gasteiger partial charge on any atom is -0.493 e. The molecule has 1 atom stereocenters. The fraction of sp³-hybridized carbons (Fsp3) is 0.400. The summed E-state index contributed by atoms with van der Waals surface area (Å²) in [6.07, 6.45) is 1.11. The van der Waals surface area contributed by atoms with E-state index in [-0.39, 0.29) is 12.4 Å². The van der Waals surface area contributed by atoms with E-state index in [1.54, 1.807) is 12.1 Å². The highest BCUT2D eigenvalue weighted by Crippen LogP contribution is 2.44. The maximum atomic E-state index is 13.3. The molecular formula is C40H46FNO7. The first-order chi connectivity index (χ1) is 23.5. The normalized spacial score (nSPS) is 13.4. The monoisotopic (exact) mass is 671 g/mol. The fourth-order valence-corrected chi connectivity index (χ4v) is 6.00. The second kappa shape index (κ2) is 16.4. The van der Waals surface area contributed by atoms with Gasteiger partial charge in [0.15, 0.2) is 6.10 Å². The minimum absolute atomic E-state index is 0.193. The number of hydrogen-bond donors (Lipinski definition) is 1. The summed E-state index contributed by atoms with van der Waals surface area (Å²) in [4.78, 5) is 18.0. The van der Waals surface area contributed by atoms with E-state index in [0.717, 1.165) is 52.0 Å². The molecule has 49 heavy (non-hydrogen) atoms. The Kier molecular flexibility index (Phi) is 12.0. The molecule has 0 saturated heterocycles. The molecule has 1 aliphatic rings. The van der Waals surface area contributed by atoms with Crippen LogP contribution in [0.4, 0.5) is 4.39 Å². The number of aliphatic carboxylic acids is 1. The molecule has 0 saturated carbocycles. The first kappa shape index (κ1) is 36.0. The van der Waals surface area contributed by atoms with Crippen LogP contribution in [-0.4, -0.2) is 54.7 Å². The van der Waals surface area contributed by atoms with Crippen LogP contribution >= 0.6 is 0 Å². The Morgan fingerprint density at radius 3 is 2.37 bits per heavy atom. The number of carbonyl (C=O) groups is 1. The molecule has 2 heterocycles. The van der Waals surface area contributed by atoms with Gasteiger partial charge >= 0.3 is 5.97 Å². The van der Waals surface area contributed by atoms with Crippen molar-refractivity contribution in [2.24, 2.45) is 0 Å². The Labute approximate surface area is 288 Å². The summed E-state index contributed by atoms with van der Waals surface area (Å²) in [7, 11) is 0. The van der Waals surface area contributed by atoms with E-state index in [2.05, 4.69) is 6.07 Å². The van der Waals surface area contributed by atoms with Gasteiger partial charge in [0.1, 0.15) is 17.3 Å². The van der Waals surface area contributed by atoms with E-state index in [1.807, 2.05) is 71.0 Å². The van der Waals surface area contributed by atoms with Gasteiger partial charge in [0, 0.05) is 29.8 Å². The smallest absolute Gasteiger partial charge is 0.337 e. The molecule has 0 spiro atoms. The number of rotatable bonds is 15. The summed E-state index contributed by atoms with van der Waals surface area (Å²) in [5.74, 6) is 0.147. The lowest BCUT2D eigenvalue weighted by molar-refractivity contribution is -0.160. The predicted octanol–water partition coefficient (Wildman–Crippen LogP) is 8.30. The minimum atomic E-state index is -1.28. The van der Waals surface area contributed by atoms with Crippen molar-refractivity contribution in [1.82, 2.24) is 4.98 Å². The lowest BCUT2D eigenvalue weighted by Gasteiger charge is -2.30. The predicted molar refractivity (Wildman–Crippen MR) is 187 cm³/mol. The molecule has 8 nitrogen and oxygen atoms in total. The summed E-state index contributed by atoms with van der Waals surface area (Å²) >= 11 is 0. The fourth-order valence-electron chi connectivity index (χ4n) is 6.00. The Morgan fingerprint density at radius 2 is 1.67 bits per heavy atom. The van der Waals surface area contributed by atoms with Crippen LogP contribution in [0.2, 0.25) is 0 Å². The highest BCUT2D eigenvalue weighted by atomic mass is 19.1. The molecule has 4 aromatic rings. The van der Waals surface area contributed by atoms with Crippen molar-refractivity contribution in [3.8, 4) is 33.8 Å². The molecule has 3 aromatic carbocycles. The highest BCUT2D eigenvalue weighted by molar-refractivity contribution is 5.91. The Hall–Kier alpha value is -4.31. The van der Waals surface area contributed by atoms with Gasteiger partial charge in [-0.25, -0.2) is 9.18 Å².